The molecular weight excluding hydrogens is 231 g/mol. The van der Waals surface area contributed by atoms with Crippen molar-refractivity contribution in [2.75, 3.05) is 11.1 Å². The molecule has 3 nitrogen and oxygen atoms in total. The van der Waals surface area contributed by atoms with Crippen molar-refractivity contribution in [2.45, 2.75) is 38.9 Å². The van der Waals surface area contributed by atoms with E-state index < -0.39 is 11.9 Å². The monoisotopic (exact) mass is 247 g/mol. The molecule has 0 bridgehead atoms. The second-order valence-electron chi connectivity index (χ2n) is 3.99. The van der Waals surface area contributed by atoms with E-state index in [-0.39, 0.29) is 17.4 Å². The Hall–Kier alpha value is -1.46. The Labute approximate surface area is 98.2 Å². The summed E-state index contributed by atoms with van der Waals surface area (Å²) in [5.74, 6) is 0. The second-order valence-corrected chi connectivity index (χ2v) is 3.99. The van der Waals surface area contributed by atoms with Gasteiger partial charge in [-0.05, 0) is 19.4 Å². The molecule has 0 saturated heterocycles. The SMILES string of the molecule is CCCC(C)Nc1cc(C(F)(F)F)ncc1N. The van der Waals surface area contributed by atoms with E-state index in [0.717, 1.165) is 25.1 Å². The van der Waals surface area contributed by atoms with Crippen LogP contribution in [0.3, 0.4) is 0 Å². The van der Waals surface area contributed by atoms with Gasteiger partial charge in [0.1, 0.15) is 5.69 Å². The Kier molecular flexibility index (Phi) is 4.20. The number of aromatic nitrogens is 1. The number of anilines is 2. The van der Waals surface area contributed by atoms with Crippen molar-refractivity contribution in [3.63, 3.8) is 0 Å². The van der Waals surface area contributed by atoms with Crippen LogP contribution in [-0.4, -0.2) is 11.0 Å². The molecule has 0 fully saturated rings. The van der Waals surface area contributed by atoms with Crippen molar-refractivity contribution in [3.05, 3.63) is 18.0 Å². The van der Waals surface area contributed by atoms with Gasteiger partial charge in [-0.3, -0.25) is 0 Å². The number of nitrogens with one attached hydrogen (secondary N) is 1. The molecule has 0 radical (unpaired) electrons. The summed E-state index contributed by atoms with van der Waals surface area (Å²) >= 11 is 0. The van der Waals surface area contributed by atoms with E-state index in [1.807, 2.05) is 13.8 Å². The fourth-order valence-corrected chi connectivity index (χ4v) is 1.52. The minimum Gasteiger partial charge on any atom is -0.396 e. The molecule has 0 saturated carbocycles. The number of nitrogens with zero attached hydrogens (tertiary/aromatic N) is 1. The van der Waals surface area contributed by atoms with Crippen molar-refractivity contribution in [1.29, 1.82) is 0 Å². The van der Waals surface area contributed by atoms with Crippen molar-refractivity contribution in [2.24, 2.45) is 0 Å². The molecule has 0 aliphatic carbocycles. The molecular formula is C11H16F3N3. The maximum atomic E-state index is 12.5. The van der Waals surface area contributed by atoms with Gasteiger partial charge in [0.2, 0.25) is 0 Å². The summed E-state index contributed by atoms with van der Waals surface area (Å²) in [5.41, 5.74) is 5.16. The first-order valence-corrected chi connectivity index (χ1v) is 5.43. The fourth-order valence-electron chi connectivity index (χ4n) is 1.52. The zero-order chi connectivity index (χ0) is 13.1. The standard InChI is InChI=1S/C11H16F3N3/c1-3-4-7(2)17-9-5-10(11(12,13)14)16-6-8(9)15/h5-7H,3-4,15H2,1-2H3,(H,16,17). The first kappa shape index (κ1) is 13.6. The molecule has 0 aromatic carbocycles. The summed E-state index contributed by atoms with van der Waals surface area (Å²) in [6.07, 6.45) is -1.60. The highest BCUT2D eigenvalue weighted by molar-refractivity contribution is 5.65. The predicted molar refractivity (Wildman–Crippen MR) is 61.6 cm³/mol. The topological polar surface area (TPSA) is 50.9 Å². The first-order valence-electron chi connectivity index (χ1n) is 5.43. The molecule has 6 heteroatoms. The Morgan fingerprint density at radius 3 is 2.65 bits per heavy atom. The van der Waals surface area contributed by atoms with Gasteiger partial charge in [0.15, 0.2) is 0 Å². The van der Waals surface area contributed by atoms with Gasteiger partial charge in [0.05, 0.1) is 17.6 Å². The van der Waals surface area contributed by atoms with E-state index in [9.17, 15) is 13.2 Å². The van der Waals surface area contributed by atoms with Crippen LogP contribution in [0, 0.1) is 0 Å². The first-order chi connectivity index (χ1) is 7.84. The molecule has 17 heavy (non-hydrogen) atoms. The van der Waals surface area contributed by atoms with Gasteiger partial charge in [-0.15, -0.1) is 0 Å². The van der Waals surface area contributed by atoms with Crippen LogP contribution in [0.2, 0.25) is 0 Å². The van der Waals surface area contributed by atoms with E-state index in [1.165, 1.54) is 0 Å². The van der Waals surface area contributed by atoms with Gasteiger partial charge in [0, 0.05) is 6.04 Å². The normalized spacial score (nSPS) is 13.5. The summed E-state index contributed by atoms with van der Waals surface area (Å²) in [4.78, 5) is 3.27. The number of pyridine rings is 1. The number of alkyl halides is 3. The minimum atomic E-state index is -4.45. The van der Waals surface area contributed by atoms with Gasteiger partial charge in [-0.2, -0.15) is 13.2 Å². The van der Waals surface area contributed by atoms with E-state index in [4.69, 9.17) is 5.73 Å². The Morgan fingerprint density at radius 2 is 2.12 bits per heavy atom. The van der Waals surface area contributed by atoms with Gasteiger partial charge in [-0.25, -0.2) is 4.98 Å². The predicted octanol–water partition coefficient (Wildman–Crippen LogP) is 3.28. The molecule has 1 unspecified atom stereocenters. The highest BCUT2D eigenvalue weighted by Gasteiger charge is 2.33. The molecule has 1 heterocycles. The minimum absolute atomic E-state index is 0.0748. The third-order valence-corrected chi connectivity index (χ3v) is 2.35. The number of hydrogen-bond acceptors (Lipinski definition) is 3. The van der Waals surface area contributed by atoms with Gasteiger partial charge in [-0.1, -0.05) is 13.3 Å². The van der Waals surface area contributed by atoms with Crippen LogP contribution >= 0.6 is 0 Å². The maximum Gasteiger partial charge on any atom is 0.433 e. The molecule has 0 spiro atoms. The molecule has 3 N–H and O–H groups in total. The zero-order valence-corrected chi connectivity index (χ0v) is 9.80. The van der Waals surface area contributed by atoms with E-state index in [2.05, 4.69) is 10.3 Å². The quantitative estimate of drug-likeness (QED) is 0.858. The Balaban J connectivity index is 2.91. The van der Waals surface area contributed by atoms with E-state index >= 15 is 0 Å². The molecule has 1 rings (SSSR count). The van der Waals surface area contributed by atoms with Gasteiger partial charge < -0.3 is 11.1 Å². The molecule has 96 valence electrons. The number of halogens is 3. The second kappa shape index (κ2) is 5.25. The lowest BCUT2D eigenvalue weighted by Crippen LogP contribution is -2.17. The van der Waals surface area contributed by atoms with Crippen LogP contribution in [0.15, 0.2) is 12.3 Å². The van der Waals surface area contributed by atoms with Gasteiger partial charge in [0.25, 0.3) is 0 Å². The van der Waals surface area contributed by atoms with Crippen LogP contribution in [-0.2, 0) is 6.18 Å². The lowest BCUT2D eigenvalue weighted by atomic mass is 10.2. The smallest absolute Gasteiger partial charge is 0.396 e. The average molecular weight is 247 g/mol. The summed E-state index contributed by atoms with van der Waals surface area (Å²) in [6, 6.07) is 1.02. The molecule has 1 atom stereocenters. The molecule has 0 aliphatic rings. The third-order valence-electron chi connectivity index (χ3n) is 2.35. The van der Waals surface area contributed by atoms with Crippen LogP contribution in [0.5, 0.6) is 0 Å². The molecule has 0 amide bonds. The van der Waals surface area contributed by atoms with Gasteiger partial charge >= 0.3 is 6.18 Å². The fraction of sp³-hybridized carbons (Fsp3) is 0.545. The summed E-state index contributed by atoms with van der Waals surface area (Å²) in [7, 11) is 0. The maximum absolute atomic E-state index is 12.5. The summed E-state index contributed by atoms with van der Waals surface area (Å²) < 4.78 is 37.4. The molecule has 0 aliphatic heterocycles. The Morgan fingerprint density at radius 1 is 1.47 bits per heavy atom. The highest BCUT2D eigenvalue weighted by Crippen LogP contribution is 2.31. The summed E-state index contributed by atoms with van der Waals surface area (Å²) in [5, 5.41) is 2.96. The lowest BCUT2D eigenvalue weighted by molar-refractivity contribution is -0.141. The third kappa shape index (κ3) is 3.80. The zero-order valence-electron chi connectivity index (χ0n) is 9.80. The number of rotatable bonds is 4. The Bertz CT molecular complexity index is 377. The van der Waals surface area contributed by atoms with Crippen LogP contribution in [0.4, 0.5) is 24.5 Å². The van der Waals surface area contributed by atoms with Crippen molar-refractivity contribution in [1.82, 2.24) is 4.98 Å². The van der Waals surface area contributed by atoms with Crippen LogP contribution in [0.1, 0.15) is 32.4 Å². The highest BCUT2D eigenvalue weighted by atomic mass is 19.4. The van der Waals surface area contributed by atoms with Crippen molar-refractivity contribution < 1.29 is 13.2 Å². The van der Waals surface area contributed by atoms with E-state index in [0.29, 0.717) is 0 Å². The number of nitrogens with two attached hydrogens (primary N) is 1. The largest absolute Gasteiger partial charge is 0.433 e. The summed E-state index contributed by atoms with van der Waals surface area (Å²) in [6.45, 7) is 3.91. The number of nitrogen functional groups attached to an aromatic ring is 1. The van der Waals surface area contributed by atoms with E-state index in [1.54, 1.807) is 0 Å². The van der Waals surface area contributed by atoms with Crippen LogP contribution < -0.4 is 11.1 Å². The number of hydrogen-bond donors (Lipinski definition) is 2. The molecule has 1 aromatic heterocycles. The van der Waals surface area contributed by atoms with Crippen molar-refractivity contribution in [3.8, 4) is 0 Å². The van der Waals surface area contributed by atoms with Crippen LogP contribution in [0.25, 0.3) is 0 Å². The average Bonchev–Trinajstić information content (AvgIpc) is 2.20. The van der Waals surface area contributed by atoms with Crippen molar-refractivity contribution >= 4 is 11.4 Å². The molecule has 1 aromatic rings. The lowest BCUT2D eigenvalue weighted by Gasteiger charge is -2.17.